The zero-order valence-electron chi connectivity index (χ0n) is 20.6. The first-order valence-electron chi connectivity index (χ1n) is 12.2. The lowest BCUT2D eigenvalue weighted by molar-refractivity contribution is 0.0524. The average Bonchev–Trinajstić information content (AvgIpc) is 2.91. The number of hydrogen-bond donors (Lipinski definition) is 0. The Balaban J connectivity index is 1.67. The van der Waals surface area contributed by atoms with E-state index in [1.54, 1.807) is 6.92 Å². The molecule has 184 valence electrons. The van der Waals surface area contributed by atoms with E-state index in [1.165, 1.54) is 10.2 Å². The SMILES string of the molecule is CCOC(=O)c1c(-c2ccccc2)c(-c2ccccc2)nn(CCCCOc2ccc(C)cc2)c1=O. The van der Waals surface area contributed by atoms with E-state index in [-0.39, 0.29) is 12.2 Å². The van der Waals surface area contributed by atoms with Gasteiger partial charge in [0.25, 0.3) is 5.56 Å². The summed E-state index contributed by atoms with van der Waals surface area (Å²) in [6, 6.07) is 26.9. The molecule has 6 nitrogen and oxygen atoms in total. The van der Waals surface area contributed by atoms with E-state index in [9.17, 15) is 9.59 Å². The third-order valence-corrected chi connectivity index (χ3v) is 5.80. The molecule has 0 saturated carbocycles. The minimum absolute atomic E-state index is 0.00723. The molecule has 0 bridgehead atoms. The molecule has 0 aliphatic carbocycles. The van der Waals surface area contributed by atoms with Gasteiger partial charge >= 0.3 is 5.97 Å². The van der Waals surface area contributed by atoms with Crippen LogP contribution in [0.3, 0.4) is 0 Å². The largest absolute Gasteiger partial charge is 0.494 e. The van der Waals surface area contributed by atoms with Gasteiger partial charge in [0.1, 0.15) is 11.3 Å². The molecule has 1 heterocycles. The minimum Gasteiger partial charge on any atom is -0.494 e. The molecule has 0 N–H and O–H groups in total. The number of hydrogen-bond acceptors (Lipinski definition) is 5. The Bertz CT molecular complexity index is 1350. The molecule has 6 heteroatoms. The van der Waals surface area contributed by atoms with Crippen LogP contribution >= 0.6 is 0 Å². The van der Waals surface area contributed by atoms with Crippen LogP contribution in [0.5, 0.6) is 5.75 Å². The molecule has 0 aliphatic heterocycles. The van der Waals surface area contributed by atoms with E-state index < -0.39 is 11.5 Å². The first-order valence-corrected chi connectivity index (χ1v) is 12.2. The van der Waals surface area contributed by atoms with E-state index in [0.29, 0.717) is 30.8 Å². The molecule has 0 aliphatic rings. The average molecular weight is 483 g/mol. The van der Waals surface area contributed by atoms with Gasteiger partial charge in [-0.15, -0.1) is 0 Å². The van der Waals surface area contributed by atoms with Crippen molar-refractivity contribution in [2.24, 2.45) is 0 Å². The van der Waals surface area contributed by atoms with Gasteiger partial charge in [-0.25, -0.2) is 9.48 Å². The first kappa shape index (κ1) is 24.9. The monoisotopic (exact) mass is 482 g/mol. The van der Waals surface area contributed by atoms with Crippen LogP contribution in [0.1, 0.15) is 35.7 Å². The molecule has 1 aromatic heterocycles. The Morgan fingerprint density at radius 3 is 2.14 bits per heavy atom. The zero-order chi connectivity index (χ0) is 25.3. The van der Waals surface area contributed by atoms with Gasteiger partial charge in [0.2, 0.25) is 0 Å². The van der Waals surface area contributed by atoms with Crippen molar-refractivity contribution in [1.82, 2.24) is 9.78 Å². The third-order valence-electron chi connectivity index (χ3n) is 5.80. The molecule has 0 saturated heterocycles. The van der Waals surface area contributed by atoms with E-state index in [4.69, 9.17) is 14.6 Å². The van der Waals surface area contributed by atoms with E-state index >= 15 is 0 Å². The lowest BCUT2D eigenvalue weighted by atomic mass is 9.95. The van der Waals surface area contributed by atoms with Crippen LogP contribution in [0.4, 0.5) is 0 Å². The maximum atomic E-state index is 13.5. The van der Waals surface area contributed by atoms with Crippen molar-refractivity contribution in [2.75, 3.05) is 13.2 Å². The Labute approximate surface area is 211 Å². The summed E-state index contributed by atoms with van der Waals surface area (Å²) in [6.07, 6.45) is 1.40. The van der Waals surface area contributed by atoms with Gasteiger partial charge in [0.15, 0.2) is 0 Å². The van der Waals surface area contributed by atoms with Crippen molar-refractivity contribution in [2.45, 2.75) is 33.2 Å². The molecule has 0 fully saturated rings. The summed E-state index contributed by atoms with van der Waals surface area (Å²) in [7, 11) is 0. The number of carbonyl (C=O) groups is 1. The van der Waals surface area contributed by atoms with Gasteiger partial charge in [-0.3, -0.25) is 4.79 Å². The van der Waals surface area contributed by atoms with Gasteiger partial charge in [-0.05, 0) is 44.4 Å². The van der Waals surface area contributed by atoms with Gasteiger partial charge in [-0.2, -0.15) is 5.10 Å². The van der Waals surface area contributed by atoms with Gasteiger partial charge < -0.3 is 9.47 Å². The summed E-state index contributed by atoms with van der Waals surface area (Å²) in [5, 5.41) is 4.74. The van der Waals surface area contributed by atoms with Gasteiger partial charge in [0, 0.05) is 17.7 Å². The third kappa shape index (κ3) is 5.89. The fourth-order valence-corrected chi connectivity index (χ4v) is 3.99. The number of esters is 1. The van der Waals surface area contributed by atoms with Crippen LogP contribution in [-0.2, 0) is 11.3 Å². The van der Waals surface area contributed by atoms with Gasteiger partial charge in [0.05, 0.1) is 18.9 Å². The number of benzene rings is 3. The zero-order valence-corrected chi connectivity index (χ0v) is 20.6. The molecule has 0 radical (unpaired) electrons. The van der Waals surface area contributed by atoms with E-state index in [0.717, 1.165) is 23.3 Å². The summed E-state index contributed by atoms with van der Waals surface area (Å²) in [5.74, 6) is 0.177. The number of nitrogens with zero attached hydrogens (tertiary/aromatic N) is 2. The fraction of sp³-hybridized carbons (Fsp3) is 0.233. The second kappa shape index (κ2) is 12.0. The number of rotatable bonds is 10. The Morgan fingerprint density at radius 2 is 1.50 bits per heavy atom. The van der Waals surface area contributed by atoms with Crippen molar-refractivity contribution < 1.29 is 14.3 Å². The predicted molar refractivity (Wildman–Crippen MR) is 141 cm³/mol. The number of aromatic nitrogens is 2. The summed E-state index contributed by atoms with van der Waals surface area (Å²) < 4.78 is 12.5. The van der Waals surface area contributed by atoms with Crippen molar-refractivity contribution in [3.05, 3.63) is 106 Å². The first-order chi connectivity index (χ1) is 17.6. The molecule has 3 aromatic carbocycles. The number of ether oxygens (including phenoxy) is 2. The quantitative estimate of drug-likeness (QED) is 0.207. The molecule has 0 unspecified atom stereocenters. The molecule has 0 atom stereocenters. The molecule has 4 rings (SSSR count). The maximum absolute atomic E-state index is 13.5. The fourth-order valence-electron chi connectivity index (χ4n) is 3.99. The van der Waals surface area contributed by atoms with Crippen LogP contribution in [0, 0.1) is 6.92 Å². The molecule has 0 amide bonds. The second-order valence-electron chi connectivity index (χ2n) is 8.45. The number of aryl methyl sites for hydroxylation is 2. The van der Waals surface area contributed by atoms with E-state index in [2.05, 4.69) is 0 Å². The molecular formula is C30H30N2O4. The molecule has 0 spiro atoms. The van der Waals surface area contributed by atoms with Crippen LogP contribution in [0.25, 0.3) is 22.4 Å². The lowest BCUT2D eigenvalue weighted by Crippen LogP contribution is -2.31. The molecular weight excluding hydrogens is 452 g/mol. The molecule has 4 aromatic rings. The number of carbonyl (C=O) groups excluding carboxylic acids is 1. The Hall–Kier alpha value is -4.19. The van der Waals surface area contributed by atoms with Crippen molar-refractivity contribution in [3.63, 3.8) is 0 Å². The smallest absolute Gasteiger partial charge is 0.344 e. The number of unbranched alkanes of at least 4 members (excludes halogenated alkanes) is 1. The Morgan fingerprint density at radius 1 is 0.861 bits per heavy atom. The summed E-state index contributed by atoms with van der Waals surface area (Å²) in [4.78, 5) is 26.6. The second-order valence-corrected chi connectivity index (χ2v) is 8.45. The highest BCUT2D eigenvalue weighted by Crippen LogP contribution is 2.32. The van der Waals surface area contributed by atoms with Crippen LogP contribution in [0.2, 0.25) is 0 Å². The normalized spacial score (nSPS) is 10.7. The highest BCUT2D eigenvalue weighted by molar-refractivity contribution is 6.00. The summed E-state index contributed by atoms with van der Waals surface area (Å²) in [5.41, 5.74) is 3.35. The summed E-state index contributed by atoms with van der Waals surface area (Å²) >= 11 is 0. The minimum atomic E-state index is -0.641. The Kier molecular flexibility index (Phi) is 8.29. The van der Waals surface area contributed by atoms with Crippen LogP contribution in [-0.4, -0.2) is 29.0 Å². The lowest BCUT2D eigenvalue weighted by Gasteiger charge is -2.17. The molecule has 36 heavy (non-hydrogen) atoms. The van der Waals surface area contributed by atoms with Gasteiger partial charge in [-0.1, -0.05) is 78.4 Å². The predicted octanol–water partition coefficient (Wildman–Crippen LogP) is 5.92. The highest BCUT2D eigenvalue weighted by Gasteiger charge is 2.26. The summed E-state index contributed by atoms with van der Waals surface area (Å²) in [6.45, 7) is 4.82. The van der Waals surface area contributed by atoms with Crippen molar-refractivity contribution in [3.8, 4) is 28.1 Å². The van der Waals surface area contributed by atoms with Crippen molar-refractivity contribution >= 4 is 5.97 Å². The van der Waals surface area contributed by atoms with Crippen molar-refractivity contribution in [1.29, 1.82) is 0 Å². The van der Waals surface area contributed by atoms with E-state index in [1.807, 2.05) is 91.9 Å². The maximum Gasteiger partial charge on any atom is 0.344 e. The van der Waals surface area contributed by atoms with Crippen LogP contribution in [0.15, 0.2) is 89.7 Å². The standard InChI is InChI=1S/C30H30N2O4/c1-3-35-30(34)27-26(23-12-6-4-7-13-23)28(24-14-8-5-9-15-24)31-32(29(27)33)20-10-11-21-36-25-18-16-22(2)17-19-25/h4-9,12-19H,3,10-11,20-21H2,1-2H3. The van der Waals surface area contributed by atoms with Crippen LogP contribution < -0.4 is 10.3 Å². The topological polar surface area (TPSA) is 70.4 Å². The highest BCUT2D eigenvalue weighted by atomic mass is 16.5.